The molecule has 0 radical (unpaired) electrons. The van der Waals surface area contributed by atoms with Gasteiger partial charge in [0, 0.05) is 29.6 Å². The Balaban J connectivity index is 0.000000241. The Morgan fingerprint density at radius 2 is 1.96 bits per heavy atom. The Kier molecular flexibility index (Phi) is 6.28. The van der Waals surface area contributed by atoms with Crippen LogP contribution in [0.3, 0.4) is 0 Å². The van der Waals surface area contributed by atoms with Crippen LogP contribution in [-0.4, -0.2) is 23.0 Å². The van der Waals surface area contributed by atoms with E-state index in [1.54, 1.807) is 12.1 Å². The molecule has 0 spiro atoms. The zero-order chi connectivity index (χ0) is 17.6. The molecule has 0 fully saturated rings. The number of carboxylic acid groups (broad SMARTS) is 1. The molecule has 8 nitrogen and oxygen atoms in total. The van der Waals surface area contributed by atoms with Crippen molar-refractivity contribution in [2.45, 2.75) is 25.8 Å². The quantitative estimate of drug-likeness (QED) is 0.466. The number of carboxylic acids is 1. The average Bonchev–Trinajstić information content (AvgIpc) is 2.44. The first-order valence-corrected chi connectivity index (χ1v) is 6.77. The maximum absolute atomic E-state index is 11.0. The number of nitrogen functional groups attached to an aromatic ring is 1. The summed E-state index contributed by atoms with van der Waals surface area (Å²) in [6.45, 7) is 1.87. The van der Waals surface area contributed by atoms with Crippen molar-refractivity contribution in [3.05, 3.63) is 40.2 Å². The van der Waals surface area contributed by atoms with E-state index in [1.165, 1.54) is 6.07 Å². The standard InChI is InChI=1S/C10H9NO2.C5H10N2O3/c1-6-4-10(12)13-9-5-7(11)2-3-8(6)9;6-3(5(9)10)1-2-4(7)8/h2-5H,11H2,1H3;3H,1-2,6H2,(H2,7,8)(H,9,10)/t;3-/m.0/s1. The second kappa shape index (κ2) is 7.95. The maximum Gasteiger partial charge on any atom is 0.336 e. The van der Waals surface area contributed by atoms with Crippen molar-refractivity contribution in [3.8, 4) is 0 Å². The highest BCUT2D eigenvalue weighted by Gasteiger charge is 2.11. The highest BCUT2D eigenvalue weighted by atomic mass is 16.4. The Morgan fingerprint density at radius 3 is 2.52 bits per heavy atom. The van der Waals surface area contributed by atoms with Crippen molar-refractivity contribution in [3.63, 3.8) is 0 Å². The molecule has 8 heteroatoms. The van der Waals surface area contributed by atoms with Gasteiger partial charge >= 0.3 is 11.6 Å². The van der Waals surface area contributed by atoms with Crippen LogP contribution in [0.5, 0.6) is 0 Å². The lowest BCUT2D eigenvalue weighted by Crippen LogP contribution is -2.31. The molecule has 23 heavy (non-hydrogen) atoms. The predicted octanol–water partition coefficient (Wildman–Crippen LogP) is 0.347. The fourth-order valence-corrected chi connectivity index (χ4v) is 1.76. The van der Waals surface area contributed by atoms with E-state index in [0.29, 0.717) is 11.3 Å². The molecule has 1 heterocycles. The second-order valence-corrected chi connectivity index (χ2v) is 4.95. The zero-order valence-corrected chi connectivity index (χ0v) is 12.6. The minimum absolute atomic E-state index is 0.0213. The number of rotatable bonds is 4. The highest BCUT2D eigenvalue weighted by molar-refractivity contribution is 5.82. The van der Waals surface area contributed by atoms with Crippen LogP contribution in [0.25, 0.3) is 11.0 Å². The van der Waals surface area contributed by atoms with Crippen molar-refractivity contribution >= 4 is 28.5 Å². The minimum atomic E-state index is -1.11. The van der Waals surface area contributed by atoms with Gasteiger partial charge in [0.1, 0.15) is 11.6 Å². The molecule has 0 unspecified atom stereocenters. The molecule has 1 atom stereocenters. The van der Waals surface area contributed by atoms with Crippen LogP contribution >= 0.6 is 0 Å². The summed E-state index contributed by atoms with van der Waals surface area (Å²) < 4.78 is 4.99. The molecule has 7 N–H and O–H groups in total. The van der Waals surface area contributed by atoms with Crippen molar-refractivity contribution < 1.29 is 19.1 Å². The lowest BCUT2D eigenvalue weighted by molar-refractivity contribution is -0.138. The van der Waals surface area contributed by atoms with Gasteiger partial charge < -0.3 is 26.7 Å². The Hall–Kier alpha value is -2.87. The Morgan fingerprint density at radius 1 is 1.30 bits per heavy atom. The number of primary amides is 1. The molecule has 1 amide bonds. The van der Waals surface area contributed by atoms with E-state index in [2.05, 4.69) is 0 Å². The number of anilines is 1. The molecule has 124 valence electrons. The van der Waals surface area contributed by atoms with E-state index in [0.717, 1.165) is 10.9 Å². The van der Waals surface area contributed by atoms with Gasteiger partial charge in [0.05, 0.1) is 0 Å². The fraction of sp³-hybridized carbons (Fsp3) is 0.267. The van der Waals surface area contributed by atoms with E-state index >= 15 is 0 Å². The first-order valence-electron chi connectivity index (χ1n) is 6.77. The molecule has 0 aliphatic carbocycles. The maximum atomic E-state index is 11.0. The molecule has 0 bridgehead atoms. The topological polar surface area (TPSA) is 163 Å². The number of aliphatic carboxylic acids is 1. The van der Waals surface area contributed by atoms with Gasteiger partial charge in [-0.3, -0.25) is 9.59 Å². The number of nitrogens with two attached hydrogens (primary N) is 3. The third kappa shape index (κ3) is 5.79. The van der Waals surface area contributed by atoms with Gasteiger partial charge in [-0.1, -0.05) is 0 Å². The number of hydrogen-bond acceptors (Lipinski definition) is 6. The lowest BCUT2D eigenvalue weighted by Gasteiger charge is -2.01. The van der Waals surface area contributed by atoms with Crippen molar-refractivity contribution in [2.75, 3.05) is 5.73 Å². The van der Waals surface area contributed by atoms with Crippen LogP contribution in [-0.2, 0) is 9.59 Å². The smallest absolute Gasteiger partial charge is 0.336 e. The summed E-state index contributed by atoms with van der Waals surface area (Å²) in [5.74, 6) is -1.64. The van der Waals surface area contributed by atoms with Crippen molar-refractivity contribution in [1.82, 2.24) is 0 Å². The third-order valence-corrected chi connectivity index (χ3v) is 2.99. The van der Waals surface area contributed by atoms with E-state index in [4.69, 9.17) is 26.7 Å². The number of aryl methyl sites for hydroxylation is 1. The van der Waals surface area contributed by atoms with Crippen LogP contribution < -0.4 is 22.8 Å². The predicted molar refractivity (Wildman–Crippen MR) is 85.7 cm³/mol. The number of fused-ring (bicyclic) bond motifs is 1. The fourth-order valence-electron chi connectivity index (χ4n) is 1.76. The molecular weight excluding hydrogens is 302 g/mol. The van der Waals surface area contributed by atoms with Crippen molar-refractivity contribution in [2.24, 2.45) is 11.5 Å². The monoisotopic (exact) mass is 321 g/mol. The van der Waals surface area contributed by atoms with Gasteiger partial charge in [-0.25, -0.2) is 4.79 Å². The normalized spacial score (nSPS) is 11.4. The van der Waals surface area contributed by atoms with Gasteiger partial charge in [0.2, 0.25) is 5.91 Å². The molecular formula is C15H19N3O5. The number of hydrogen-bond donors (Lipinski definition) is 4. The van der Waals surface area contributed by atoms with E-state index in [9.17, 15) is 14.4 Å². The molecule has 1 aromatic heterocycles. The molecule has 0 saturated carbocycles. The number of carbonyl (C=O) groups excluding carboxylic acids is 1. The highest BCUT2D eigenvalue weighted by Crippen LogP contribution is 2.18. The summed E-state index contributed by atoms with van der Waals surface area (Å²) in [5, 5.41) is 9.14. The van der Waals surface area contributed by atoms with E-state index in [1.807, 2.05) is 13.0 Å². The molecule has 0 aliphatic heterocycles. The number of benzene rings is 1. The second-order valence-electron chi connectivity index (χ2n) is 4.95. The van der Waals surface area contributed by atoms with Gasteiger partial charge in [-0.15, -0.1) is 0 Å². The lowest BCUT2D eigenvalue weighted by atomic mass is 10.1. The molecule has 2 aromatic rings. The van der Waals surface area contributed by atoms with Crippen LogP contribution in [0, 0.1) is 6.92 Å². The largest absolute Gasteiger partial charge is 0.480 e. The third-order valence-electron chi connectivity index (χ3n) is 2.99. The van der Waals surface area contributed by atoms with Gasteiger partial charge in [0.25, 0.3) is 0 Å². The van der Waals surface area contributed by atoms with Crippen LogP contribution in [0.2, 0.25) is 0 Å². The molecule has 2 rings (SSSR count). The molecule has 0 saturated heterocycles. The van der Waals surface area contributed by atoms with E-state index in [-0.39, 0.29) is 18.5 Å². The Labute approximate surface area is 131 Å². The summed E-state index contributed by atoms with van der Waals surface area (Å²) >= 11 is 0. The summed E-state index contributed by atoms with van der Waals surface area (Å²) in [5.41, 5.74) is 17.1. The van der Waals surface area contributed by atoms with Gasteiger partial charge in [-0.2, -0.15) is 0 Å². The van der Waals surface area contributed by atoms with Gasteiger partial charge in [0.15, 0.2) is 0 Å². The van der Waals surface area contributed by atoms with Crippen LogP contribution in [0.1, 0.15) is 18.4 Å². The molecule has 0 aliphatic rings. The van der Waals surface area contributed by atoms with E-state index < -0.39 is 17.9 Å². The summed E-state index contributed by atoms with van der Waals surface area (Å²) in [6, 6.07) is 5.79. The van der Waals surface area contributed by atoms with Crippen LogP contribution in [0.15, 0.2) is 33.5 Å². The SMILES string of the molecule is Cc1cc(=O)oc2cc(N)ccc12.NC(=O)CC[C@H](N)C(=O)O. The first-order chi connectivity index (χ1) is 10.7. The number of carbonyl (C=O) groups is 2. The Bertz CT molecular complexity index is 769. The summed E-state index contributed by atoms with van der Waals surface area (Å²) in [6.07, 6.45) is 0.123. The average molecular weight is 321 g/mol. The van der Waals surface area contributed by atoms with Crippen molar-refractivity contribution in [1.29, 1.82) is 0 Å². The minimum Gasteiger partial charge on any atom is -0.480 e. The number of amides is 1. The molecule has 1 aromatic carbocycles. The first kappa shape index (κ1) is 18.2. The zero-order valence-electron chi connectivity index (χ0n) is 12.6. The van der Waals surface area contributed by atoms with Crippen LogP contribution in [0.4, 0.5) is 5.69 Å². The summed E-state index contributed by atoms with van der Waals surface area (Å²) in [4.78, 5) is 31.1. The van der Waals surface area contributed by atoms with Gasteiger partial charge in [-0.05, 0) is 31.0 Å². The summed E-state index contributed by atoms with van der Waals surface area (Å²) in [7, 11) is 0.